The number of rotatable bonds is 8. The third kappa shape index (κ3) is 5.06. The molecule has 0 amide bonds. The first-order chi connectivity index (χ1) is 8.17. The molecule has 0 spiro atoms. The van der Waals surface area contributed by atoms with Crippen LogP contribution < -0.4 is 0 Å². The van der Waals surface area contributed by atoms with Gasteiger partial charge < -0.3 is 10.0 Å². The van der Waals surface area contributed by atoms with E-state index in [2.05, 4.69) is 23.7 Å². The Morgan fingerprint density at radius 3 is 2.76 bits per heavy atom. The van der Waals surface area contributed by atoms with Crippen LogP contribution in [0, 0.1) is 0 Å². The first-order valence-corrected chi connectivity index (χ1v) is 7.68. The van der Waals surface area contributed by atoms with Crippen LogP contribution in [0.3, 0.4) is 0 Å². The van der Waals surface area contributed by atoms with Crippen molar-refractivity contribution < 1.29 is 9.90 Å². The number of aromatic carboxylic acids is 1. The largest absolute Gasteiger partial charge is 0.476 e. The molecule has 96 valence electrons. The van der Waals surface area contributed by atoms with E-state index in [9.17, 15) is 4.79 Å². The molecule has 1 aromatic heterocycles. The van der Waals surface area contributed by atoms with Gasteiger partial charge in [-0.3, -0.25) is 0 Å². The van der Waals surface area contributed by atoms with E-state index in [0.717, 1.165) is 36.8 Å². The molecule has 0 bridgehead atoms. The lowest BCUT2D eigenvalue weighted by Gasteiger charge is -2.16. The molecule has 0 radical (unpaired) electrons. The molecular formula is C11H18N2O2S2. The fourth-order valence-electron chi connectivity index (χ4n) is 1.38. The normalized spacial score (nSPS) is 11.0. The summed E-state index contributed by atoms with van der Waals surface area (Å²) in [6.45, 7) is 7.56. The highest BCUT2D eigenvalue weighted by molar-refractivity contribution is 7.98. The lowest BCUT2D eigenvalue weighted by atomic mass is 10.5. The number of thioether (sulfide) groups is 1. The van der Waals surface area contributed by atoms with Crippen molar-refractivity contribution >= 4 is 29.1 Å². The van der Waals surface area contributed by atoms with Crippen molar-refractivity contribution in [2.75, 3.05) is 25.4 Å². The van der Waals surface area contributed by atoms with Crippen LogP contribution in [-0.4, -0.2) is 46.3 Å². The topological polar surface area (TPSA) is 53.4 Å². The smallest absolute Gasteiger partial charge is 0.365 e. The van der Waals surface area contributed by atoms with Gasteiger partial charge >= 0.3 is 5.97 Å². The third-order valence-electron chi connectivity index (χ3n) is 2.43. The summed E-state index contributed by atoms with van der Waals surface area (Å²) in [5.41, 5.74) is 0.872. The van der Waals surface area contributed by atoms with Gasteiger partial charge in [0.15, 0.2) is 0 Å². The average molecular weight is 274 g/mol. The van der Waals surface area contributed by atoms with E-state index in [0.29, 0.717) is 0 Å². The number of hydrogen-bond donors (Lipinski definition) is 1. The molecule has 0 saturated heterocycles. The van der Waals surface area contributed by atoms with E-state index in [1.165, 1.54) is 11.3 Å². The van der Waals surface area contributed by atoms with Gasteiger partial charge in [-0.25, -0.2) is 9.78 Å². The Morgan fingerprint density at radius 1 is 1.53 bits per heavy atom. The summed E-state index contributed by atoms with van der Waals surface area (Å²) in [5.74, 6) is 0.918. The first-order valence-electron chi connectivity index (χ1n) is 5.65. The zero-order chi connectivity index (χ0) is 12.7. The average Bonchev–Trinajstić information content (AvgIpc) is 2.78. The molecule has 0 aliphatic rings. The molecule has 0 atom stereocenters. The van der Waals surface area contributed by atoms with E-state index in [-0.39, 0.29) is 5.01 Å². The Balaban J connectivity index is 2.24. The third-order valence-corrected chi connectivity index (χ3v) is 4.28. The van der Waals surface area contributed by atoms with E-state index < -0.39 is 5.97 Å². The number of hydrogen-bond acceptors (Lipinski definition) is 5. The summed E-state index contributed by atoms with van der Waals surface area (Å²) in [7, 11) is 0. The van der Waals surface area contributed by atoms with Crippen molar-refractivity contribution in [3.63, 3.8) is 0 Å². The molecule has 17 heavy (non-hydrogen) atoms. The monoisotopic (exact) mass is 274 g/mol. The van der Waals surface area contributed by atoms with Crippen LogP contribution in [-0.2, 0) is 5.75 Å². The molecule has 1 rings (SSSR count). The van der Waals surface area contributed by atoms with Crippen LogP contribution in [0.5, 0.6) is 0 Å². The van der Waals surface area contributed by atoms with Gasteiger partial charge in [0.2, 0.25) is 5.01 Å². The first kappa shape index (κ1) is 14.5. The number of nitrogens with zero attached hydrogens (tertiary/aromatic N) is 2. The van der Waals surface area contributed by atoms with E-state index >= 15 is 0 Å². The van der Waals surface area contributed by atoms with E-state index in [4.69, 9.17) is 5.11 Å². The molecule has 0 aliphatic heterocycles. The van der Waals surface area contributed by atoms with Crippen LogP contribution in [0.15, 0.2) is 5.38 Å². The minimum atomic E-state index is -0.936. The van der Waals surface area contributed by atoms with E-state index in [1.54, 1.807) is 11.8 Å². The highest BCUT2D eigenvalue weighted by Gasteiger charge is 2.08. The number of carboxylic acids is 1. The maximum absolute atomic E-state index is 10.6. The predicted molar refractivity (Wildman–Crippen MR) is 73.0 cm³/mol. The Hall–Kier alpha value is -0.590. The van der Waals surface area contributed by atoms with Crippen molar-refractivity contribution in [3.05, 3.63) is 16.1 Å². The summed E-state index contributed by atoms with van der Waals surface area (Å²) in [6, 6.07) is 0. The fourth-order valence-corrected chi connectivity index (χ4v) is 3.03. The van der Waals surface area contributed by atoms with Crippen LogP contribution in [0.25, 0.3) is 0 Å². The van der Waals surface area contributed by atoms with Crippen molar-refractivity contribution in [3.8, 4) is 0 Å². The van der Waals surface area contributed by atoms with Crippen molar-refractivity contribution in [1.29, 1.82) is 0 Å². The Kier molecular flexibility index (Phi) is 6.54. The maximum atomic E-state index is 10.6. The maximum Gasteiger partial charge on any atom is 0.365 e. The summed E-state index contributed by atoms with van der Waals surface area (Å²) in [5, 5.41) is 10.8. The quantitative estimate of drug-likeness (QED) is 0.738. The molecule has 1 heterocycles. The van der Waals surface area contributed by atoms with Gasteiger partial charge in [0, 0.05) is 23.4 Å². The van der Waals surface area contributed by atoms with Crippen LogP contribution in [0.4, 0.5) is 0 Å². The number of thiazole rings is 1. The molecular weight excluding hydrogens is 256 g/mol. The molecule has 0 aliphatic carbocycles. The summed E-state index contributed by atoms with van der Waals surface area (Å²) >= 11 is 3.00. The summed E-state index contributed by atoms with van der Waals surface area (Å²) < 4.78 is 0. The second-order valence-electron chi connectivity index (χ2n) is 3.53. The van der Waals surface area contributed by atoms with Gasteiger partial charge in [0.1, 0.15) is 0 Å². The minimum absolute atomic E-state index is 0.185. The van der Waals surface area contributed by atoms with E-state index in [1.807, 2.05) is 5.38 Å². The number of aromatic nitrogens is 1. The zero-order valence-corrected chi connectivity index (χ0v) is 11.8. The molecule has 0 fully saturated rings. The molecule has 0 aromatic carbocycles. The highest BCUT2D eigenvalue weighted by Crippen LogP contribution is 2.15. The Bertz CT molecular complexity index is 351. The minimum Gasteiger partial charge on any atom is -0.476 e. The second-order valence-corrected chi connectivity index (χ2v) is 5.49. The Morgan fingerprint density at radius 2 is 2.24 bits per heavy atom. The standard InChI is InChI=1S/C11H18N2O2S2/c1-3-13(4-2)5-6-16-7-9-8-17-10(12-9)11(14)15/h8H,3-7H2,1-2H3,(H,14,15). The fraction of sp³-hybridized carbons (Fsp3) is 0.636. The molecule has 6 heteroatoms. The van der Waals surface area contributed by atoms with Gasteiger partial charge in [-0.05, 0) is 13.1 Å². The summed E-state index contributed by atoms with van der Waals surface area (Å²) in [4.78, 5) is 17.1. The van der Waals surface area contributed by atoms with Gasteiger partial charge in [-0.15, -0.1) is 11.3 Å². The van der Waals surface area contributed by atoms with Crippen molar-refractivity contribution in [1.82, 2.24) is 9.88 Å². The van der Waals surface area contributed by atoms with Gasteiger partial charge in [0.05, 0.1) is 5.69 Å². The van der Waals surface area contributed by atoms with Crippen LogP contribution in [0.1, 0.15) is 29.3 Å². The molecule has 1 N–H and O–H groups in total. The Labute approximate surface area is 110 Å². The van der Waals surface area contributed by atoms with Crippen LogP contribution in [0.2, 0.25) is 0 Å². The molecule has 0 unspecified atom stereocenters. The lowest BCUT2D eigenvalue weighted by Crippen LogP contribution is -2.25. The summed E-state index contributed by atoms with van der Waals surface area (Å²) in [6.07, 6.45) is 0. The lowest BCUT2D eigenvalue weighted by molar-refractivity contribution is 0.0696. The molecule has 4 nitrogen and oxygen atoms in total. The predicted octanol–water partition coefficient (Wildman–Crippen LogP) is 2.42. The van der Waals surface area contributed by atoms with Crippen molar-refractivity contribution in [2.24, 2.45) is 0 Å². The molecule has 1 aromatic rings. The number of carboxylic acid groups (broad SMARTS) is 1. The van der Waals surface area contributed by atoms with Gasteiger partial charge in [0.25, 0.3) is 0 Å². The highest BCUT2D eigenvalue weighted by atomic mass is 32.2. The second kappa shape index (κ2) is 7.68. The van der Waals surface area contributed by atoms with Crippen molar-refractivity contribution in [2.45, 2.75) is 19.6 Å². The van der Waals surface area contributed by atoms with Crippen LogP contribution >= 0.6 is 23.1 Å². The molecule has 0 saturated carbocycles. The van der Waals surface area contributed by atoms with Gasteiger partial charge in [-0.1, -0.05) is 13.8 Å². The zero-order valence-electron chi connectivity index (χ0n) is 10.2. The SMILES string of the molecule is CCN(CC)CCSCc1csc(C(=O)O)n1. The van der Waals surface area contributed by atoms with Gasteiger partial charge in [-0.2, -0.15) is 11.8 Å². The number of carbonyl (C=O) groups is 1.